The van der Waals surface area contributed by atoms with E-state index in [0.717, 1.165) is 0 Å². The molecule has 0 radical (unpaired) electrons. The zero-order valence-electron chi connectivity index (χ0n) is 7.71. The summed E-state index contributed by atoms with van der Waals surface area (Å²) < 4.78 is 12.5. The SMILES string of the molecule is CC(=O)CNC(=O)c1ccc(F)cc1. The van der Waals surface area contributed by atoms with Crippen LogP contribution < -0.4 is 5.32 Å². The molecule has 14 heavy (non-hydrogen) atoms. The lowest BCUT2D eigenvalue weighted by Crippen LogP contribution is -2.28. The molecule has 0 aliphatic carbocycles. The van der Waals surface area contributed by atoms with E-state index in [4.69, 9.17) is 0 Å². The van der Waals surface area contributed by atoms with E-state index < -0.39 is 5.82 Å². The second-order valence-electron chi connectivity index (χ2n) is 2.89. The number of nitrogens with one attached hydrogen (secondary N) is 1. The van der Waals surface area contributed by atoms with E-state index in [0.29, 0.717) is 5.56 Å². The minimum atomic E-state index is -0.395. The van der Waals surface area contributed by atoms with Gasteiger partial charge in [0.05, 0.1) is 6.54 Å². The quantitative estimate of drug-likeness (QED) is 0.786. The Bertz CT molecular complexity index is 346. The molecule has 1 aromatic carbocycles. The van der Waals surface area contributed by atoms with Crippen molar-refractivity contribution >= 4 is 11.7 Å². The Morgan fingerprint density at radius 2 is 1.86 bits per heavy atom. The van der Waals surface area contributed by atoms with Gasteiger partial charge in [0.1, 0.15) is 11.6 Å². The third-order valence-electron chi connectivity index (χ3n) is 1.60. The van der Waals surface area contributed by atoms with Crippen LogP contribution in [0, 0.1) is 5.82 Å². The minimum absolute atomic E-state index is 0.00376. The first kappa shape index (κ1) is 10.4. The normalized spacial score (nSPS) is 9.57. The summed E-state index contributed by atoms with van der Waals surface area (Å²) in [7, 11) is 0. The van der Waals surface area contributed by atoms with E-state index in [9.17, 15) is 14.0 Å². The van der Waals surface area contributed by atoms with Gasteiger partial charge in [0, 0.05) is 5.56 Å². The van der Waals surface area contributed by atoms with Crippen molar-refractivity contribution in [2.24, 2.45) is 0 Å². The number of benzene rings is 1. The third-order valence-corrected chi connectivity index (χ3v) is 1.60. The summed E-state index contributed by atoms with van der Waals surface area (Å²) in [4.78, 5) is 21.8. The largest absolute Gasteiger partial charge is 0.345 e. The maximum Gasteiger partial charge on any atom is 0.251 e. The second kappa shape index (κ2) is 4.50. The monoisotopic (exact) mass is 195 g/mol. The number of amides is 1. The molecular formula is C10H10FNO2. The lowest BCUT2D eigenvalue weighted by Gasteiger charge is -2.01. The maximum absolute atomic E-state index is 12.5. The average Bonchev–Trinajstić information content (AvgIpc) is 2.15. The van der Waals surface area contributed by atoms with E-state index in [1.807, 2.05) is 0 Å². The van der Waals surface area contributed by atoms with Crippen LogP contribution in [0.4, 0.5) is 4.39 Å². The van der Waals surface area contributed by atoms with Crippen molar-refractivity contribution in [3.63, 3.8) is 0 Å². The summed E-state index contributed by atoms with van der Waals surface area (Å²) in [5.41, 5.74) is 0.340. The number of ketones is 1. The molecule has 0 spiro atoms. The number of carbonyl (C=O) groups excluding carboxylic acids is 2. The van der Waals surface area contributed by atoms with Crippen molar-refractivity contribution in [2.45, 2.75) is 6.92 Å². The summed E-state index contributed by atoms with van der Waals surface area (Å²) in [6.07, 6.45) is 0. The zero-order valence-corrected chi connectivity index (χ0v) is 7.71. The van der Waals surface area contributed by atoms with Gasteiger partial charge in [0.25, 0.3) is 5.91 Å². The Labute approximate surface area is 80.9 Å². The Kier molecular flexibility index (Phi) is 3.34. The molecule has 0 aromatic heterocycles. The molecule has 3 nitrogen and oxygen atoms in total. The van der Waals surface area contributed by atoms with E-state index in [-0.39, 0.29) is 18.2 Å². The average molecular weight is 195 g/mol. The van der Waals surface area contributed by atoms with Gasteiger partial charge in [0.2, 0.25) is 0 Å². The van der Waals surface area contributed by atoms with Gasteiger partial charge in [-0.15, -0.1) is 0 Å². The van der Waals surface area contributed by atoms with Gasteiger partial charge in [-0.1, -0.05) is 0 Å². The van der Waals surface area contributed by atoms with Crippen LogP contribution in [-0.4, -0.2) is 18.2 Å². The smallest absolute Gasteiger partial charge is 0.251 e. The highest BCUT2D eigenvalue weighted by molar-refractivity contribution is 5.96. The van der Waals surface area contributed by atoms with Crippen molar-refractivity contribution in [1.29, 1.82) is 0 Å². The maximum atomic E-state index is 12.5. The predicted octanol–water partition coefficient (Wildman–Crippen LogP) is 1.14. The summed E-state index contributed by atoms with van der Waals surface area (Å²) in [6.45, 7) is 1.38. The van der Waals surface area contributed by atoms with E-state index >= 15 is 0 Å². The molecule has 1 rings (SSSR count). The first-order valence-corrected chi connectivity index (χ1v) is 4.13. The van der Waals surface area contributed by atoms with Crippen LogP contribution in [0.5, 0.6) is 0 Å². The van der Waals surface area contributed by atoms with Crippen molar-refractivity contribution in [3.8, 4) is 0 Å². The number of carbonyl (C=O) groups is 2. The fourth-order valence-electron chi connectivity index (χ4n) is 0.908. The van der Waals surface area contributed by atoms with Gasteiger partial charge in [-0.05, 0) is 31.2 Å². The summed E-state index contributed by atoms with van der Waals surface area (Å²) >= 11 is 0. The molecule has 0 aliphatic heterocycles. The van der Waals surface area contributed by atoms with E-state index in [1.165, 1.54) is 31.2 Å². The molecule has 74 valence electrons. The molecule has 0 fully saturated rings. The molecule has 0 atom stereocenters. The van der Waals surface area contributed by atoms with Crippen LogP contribution in [-0.2, 0) is 4.79 Å². The van der Waals surface area contributed by atoms with Crippen LogP contribution in [0.15, 0.2) is 24.3 Å². The molecule has 4 heteroatoms. The number of rotatable bonds is 3. The molecule has 1 N–H and O–H groups in total. The highest BCUT2D eigenvalue weighted by atomic mass is 19.1. The molecule has 0 heterocycles. The van der Waals surface area contributed by atoms with Gasteiger partial charge in [-0.25, -0.2) is 4.39 Å². The van der Waals surface area contributed by atoms with Crippen molar-refractivity contribution < 1.29 is 14.0 Å². The van der Waals surface area contributed by atoms with E-state index in [1.54, 1.807) is 0 Å². The van der Waals surface area contributed by atoms with Crippen LogP contribution in [0.25, 0.3) is 0 Å². The van der Waals surface area contributed by atoms with Crippen LogP contribution in [0.2, 0.25) is 0 Å². The van der Waals surface area contributed by atoms with Crippen LogP contribution in [0.1, 0.15) is 17.3 Å². The molecule has 1 aromatic rings. The van der Waals surface area contributed by atoms with Crippen LogP contribution in [0.3, 0.4) is 0 Å². The van der Waals surface area contributed by atoms with Gasteiger partial charge >= 0.3 is 0 Å². The highest BCUT2D eigenvalue weighted by Crippen LogP contribution is 2.01. The zero-order chi connectivity index (χ0) is 10.6. The molecular weight excluding hydrogens is 185 g/mol. The molecule has 0 saturated carbocycles. The lowest BCUT2D eigenvalue weighted by atomic mass is 10.2. The first-order valence-electron chi connectivity index (χ1n) is 4.13. The molecule has 1 amide bonds. The van der Waals surface area contributed by atoms with Crippen molar-refractivity contribution in [3.05, 3.63) is 35.6 Å². The molecule has 0 unspecified atom stereocenters. The minimum Gasteiger partial charge on any atom is -0.345 e. The van der Waals surface area contributed by atoms with Crippen LogP contribution >= 0.6 is 0 Å². The van der Waals surface area contributed by atoms with Gasteiger partial charge in [-0.3, -0.25) is 9.59 Å². The fraction of sp³-hybridized carbons (Fsp3) is 0.200. The van der Waals surface area contributed by atoms with Gasteiger partial charge in [-0.2, -0.15) is 0 Å². The Morgan fingerprint density at radius 1 is 1.29 bits per heavy atom. The van der Waals surface area contributed by atoms with E-state index in [2.05, 4.69) is 5.32 Å². The number of halogens is 1. The topological polar surface area (TPSA) is 46.2 Å². The van der Waals surface area contributed by atoms with Crippen molar-refractivity contribution in [1.82, 2.24) is 5.32 Å². The summed E-state index contributed by atoms with van der Waals surface area (Å²) in [5, 5.41) is 2.41. The summed E-state index contributed by atoms with van der Waals surface area (Å²) in [6, 6.07) is 5.13. The third kappa shape index (κ3) is 2.97. The second-order valence-corrected chi connectivity index (χ2v) is 2.89. The molecule has 0 aliphatic rings. The molecule has 0 bridgehead atoms. The predicted molar refractivity (Wildman–Crippen MR) is 49.4 cm³/mol. The first-order chi connectivity index (χ1) is 6.59. The number of Topliss-reactive ketones (excluding diaryl/α,β-unsaturated/α-hetero) is 1. The van der Waals surface area contributed by atoms with Gasteiger partial charge < -0.3 is 5.32 Å². The van der Waals surface area contributed by atoms with Crippen molar-refractivity contribution in [2.75, 3.05) is 6.54 Å². The number of hydrogen-bond donors (Lipinski definition) is 1. The standard InChI is InChI=1S/C10H10FNO2/c1-7(13)6-12-10(14)8-2-4-9(11)5-3-8/h2-5H,6H2,1H3,(H,12,14). The van der Waals surface area contributed by atoms with Gasteiger partial charge in [0.15, 0.2) is 0 Å². The number of hydrogen-bond acceptors (Lipinski definition) is 2. The fourth-order valence-corrected chi connectivity index (χ4v) is 0.908. The Morgan fingerprint density at radius 3 is 2.36 bits per heavy atom. The Balaban J connectivity index is 2.61. The highest BCUT2D eigenvalue weighted by Gasteiger charge is 2.05. The summed E-state index contributed by atoms with van der Waals surface area (Å²) in [5.74, 6) is -0.895. The Hall–Kier alpha value is -1.71. The molecule has 0 saturated heterocycles. The lowest BCUT2D eigenvalue weighted by molar-refractivity contribution is -0.116.